The third-order valence-corrected chi connectivity index (χ3v) is 6.46. The van der Waals surface area contributed by atoms with E-state index in [0.29, 0.717) is 23.7 Å². The van der Waals surface area contributed by atoms with Gasteiger partial charge in [0, 0.05) is 11.6 Å². The molecule has 0 aliphatic carbocycles. The number of hydrogen-bond acceptors (Lipinski definition) is 7. The lowest BCUT2D eigenvalue weighted by atomic mass is 9.83. The first-order valence-electron chi connectivity index (χ1n) is 13.1. The van der Waals surface area contributed by atoms with E-state index in [2.05, 4.69) is 33.8 Å². The second-order valence-electron chi connectivity index (χ2n) is 10.4. The summed E-state index contributed by atoms with van der Waals surface area (Å²) in [6.07, 6.45) is 1.99. The molecule has 0 saturated carbocycles. The van der Waals surface area contributed by atoms with Crippen molar-refractivity contribution in [2.24, 2.45) is 5.73 Å². The molecule has 1 heterocycles. The van der Waals surface area contributed by atoms with Crippen molar-refractivity contribution < 1.29 is 23.7 Å². The number of rotatable bonds is 9. The van der Waals surface area contributed by atoms with E-state index in [1.165, 1.54) is 5.56 Å². The molecule has 7 nitrogen and oxygen atoms in total. The largest absolute Gasteiger partial charge is 0.494 e. The van der Waals surface area contributed by atoms with Crippen LogP contribution < -0.4 is 24.7 Å². The van der Waals surface area contributed by atoms with E-state index in [0.717, 1.165) is 29.7 Å². The van der Waals surface area contributed by atoms with Crippen molar-refractivity contribution in [2.45, 2.75) is 51.9 Å². The van der Waals surface area contributed by atoms with Crippen LogP contribution in [0.2, 0.25) is 0 Å². The zero-order chi connectivity index (χ0) is 28.0. The first-order valence-corrected chi connectivity index (χ1v) is 13.1. The Kier molecular flexibility index (Phi) is 8.46. The Morgan fingerprint density at radius 2 is 1.74 bits per heavy atom. The lowest BCUT2D eigenvalue weighted by Crippen LogP contribution is -2.21. The zero-order valence-corrected chi connectivity index (χ0v) is 22.8. The molecule has 0 radical (unpaired) electrons. The third kappa shape index (κ3) is 6.71. The zero-order valence-electron chi connectivity index (χ0n) is 22.8. The summed E-state index contributed by atoms with van der Waals surface area (Å²) in [5.74, 6) is 1.02. The van der Waals surface area contributed by atoms with E-state index >= 15 is 0 Å². The summed E-state index contributed by atoms with van der Waals surface area (Å²) < 4.78 is 22.7. The van der Waals surface area contributed by atoms with Crippen molar-refractivity contribution in [2.75, 3.05) is 13.2 Å². The number of unbranched alkanes of at least 4 members (excludes halogenated alkanes) is 1. The Balaban J connectivity index is 1.48. The molecule has 1 aliphatic rings. The molecular weight excluding hydrogens is 492 g/mol. The van der Waals surface area contributed by atoms with Crippen molar-refractivity contribution in [3.05, 3.63) is 94.9 Å². The molecule has 1 aliphatic heterocycles. The van der Waals surface area contributed by atoms with Crippen molar-refractivity contribution >= 4 is 5.97 Å². The number of nitriles is 1. The van der Waals surface area contributed by atoms with E-state index in [-0.39, 0.29) is 23.7 Å². The molecule has 4 rings (SSSR count). The van der Waals surface area contributed by atoms with Crippen molar-refractivity contribution in [3.8, 4) is 29.1 Å². The van der Waals surface area contributed by atoms with E-state index < -0.39 is 11.9 Å². The van der Waals surface area contributed by atoms with Gasteiger partial charge >= 0.3 is 5.97 Å². The molecular formula is C32H34N2O5. The maximum atomic E-state index is 12.5. The highest BCUT2D eigenvalue weighted by Gasteiger charge is 2.31. The van der Waals surface area contributed by atoms with Gasteiger partial charge in [0.1, 0.15) is 34.6 Å². The van der Waals surface area contributed by atoms with Gasteiger partial charge in [0.2, 0.25) is 5.88 Å². The predicted octanol–water partition coefficient (Wildman–Crippen LogP) is 6.37. The van der Waals surface area contributed by atoms with Gasteiger partial charge in [-0.25, -0.2) is 4.79 Å². The lowest BCUT2D eigenvalue weighted by Gasteiger charge is -2.27. The molecule has 3 aromatic rings. The number of esters is 1. The first-order chi connectivity index (χ1) is 18.7. The number of ether oxygens (including phenoxy) is 4. The van der Waals surface area contributed by atoms with Crippen LogP contribution >= 0.6 is 0 Å². The van der Waals surface area contributed by atoms with Gasteiger partial charge in [-0.1, -0.05) is 64.4 Å². The summed E-state index contributed by atoms with van der Waals surface area (Å²) >= 11 is 0. The van der Waals surface area contributed by atoms with Gasteiger partial charge in [0.05, 0.1) is 12.5 Å². The number of nitrogens with two attached hydrogens (primary N) is 1. The standard InChI is InChI=1S/C32H34N2O5/c1-5-6-16-36-24-9-7-8-21(17-24)30-26-15-14-25(18-28(26)39-31(34)27(30)19-33)38-29(35)20-37-23-12-10-22(11-13-23)32(2,3)4/h7-15,17-18,30H,5-6,16,20,34H2,1-4H3. The Morgan fingerprint density at radius 3 is 2.44 bits per heavy atom. The molecule has 7 heteroatoms. The molecule has 39 heavy (non-hydrogen) atoms. The Bertz CT molecular complexity index is 1400. The molecule has 0 aromatic heterocycles. The average Bonchev–Trinajstić information content (AvgIpc) is 2.91. The average molecular weight is 527 g/mol. The van der Waals surface area contributed by atoms with Crippen LogP contribution in [0.15, 0.2) is 78.2 Å². The quantitative estimate of drug-likeness (QED) is 0.196. The predicted molar refractivity (Wildman–Crippen MR) is 149 cm³/mol. The van der Waals surface area contributed by atoms with Crippen LogP contribution in [0.25, 0.3) is 0 Å². The number of carbonyl (C=O) groups excluding carboxylic acids is 1. The molecule has 2 N–H and O–H groups in total. The molecule has 0 saturated heterocycles. The highest BCUT2D eigenvalue weighted by molar-refractivity contribution is 5.74. The Morgan fingerprint density at radius 1 is 1.00 bits per heavy atom. The monoisotopic (exact) mass is 526 g/mol. The molecule has 1 atom stereocenters. The second-order valence-corrected chi connectivity index (χ2v) is 10.4. The van der Waals surface area contributed by atoms with Gasteiger partial charge in [-0.05, 0) is 53.3 Å². The summed E-state index contributed by atoms with van der Waals surface area (Å²) in [5.41, 5.74) is 9.25. The number of fused-ring (bicyclic) bond motifs is 1. The molecule has 0 fully saturated rings. The normalized spacial score (nSPS) is 14.6. The van der Waals surface area contributed by atoms with Crippen LogP contribution in [0.5, 0.6) is 23.0 Å². The summed E-state index contributed by atoms with van der Waals surface area (Å²) in [6.45, 7) is 8.88. The van der Waals surface area contributed by atoms with E-state index in [4.69, 9.17) is 24.7 Å². The maximum absolute atomic E-state index is 12.5. The number of benzene rings is 3. The molecule has 202 valence electrons. The topological polar surface area (TPSA) is 104 Å². The van der Waals surface area contributed by atoms with Gasteiger partial charge in [-0.2, -0.15) is 5.26 Å². The van der Waals surface area contributed by atoms with Crippen molar-refractivity contribution in [1.82, 2.24) is 0 Å². The van der Waals surface area contributed by atoms with Crippen LogP contribution in [-0.4, -0.2) is 19.2 Å². The van der Waals surface area contributed by atoms with E-state index in [1.54, 1.807) is 18.2 Å². The van der Waals surface area contributed by atoms with Gasteiger partial charge in [0.25, 0.3) is 0 Å². The van der Waals surface area contributed by atoms with Gasteiger partial charge in [0.15, 0.2) is 6.61 Å². The fourth-order valence-corrected chi connectivity index (χ4v) is 4.31. The van der Waals surface area contributed by atoms with Crippen LogP contribution in [0.4, 0.5) is 0 Å². The van der Waals surface area contributed by atoms with Crippen LogP contribution in [0, 0.1) is 11.3 Å². The molecule has 1 unspecified atom stereocenters. The lowest BCUT2D eigenvalue weighted by molar-refractivity contribution is -0.136. The van der Waals surface area contributed by atoms with Crippen LogP contribution in [0.3, 0.4) is 0 Å². The Hall–Kier alpha value is -4.44. The molecule has 0 bridgehead atoms. The van der Waals surface area contributed by atoms with E-state index in [9.17, 15) is 10.1 Å². The van der Waals surface area contributed by atoms with Gasteiger partial charge < -0.3 is 24.7 Å². The van der Waals surface area contributed by atoms with Crippen molar-refractivity contribution in [1.29, 1.82) is 5.26 Å². The fourth-order valence-electron chi connectivity index (χ4n) is 4.31. The van der Waals surface area contributed by atoms with Crippen LogP contribution in [-0.2, 0) is 10.2 Å². The number of hydrogen-bond donors (Lipinski definition) is 1. The number of allylic oxidation sites excluding steroid dienone is 1. The SMILES string of the molecule is CCCCOc1cccc(C2C(C#N)=C(N)Oc3cc(OC(=O)COc4ccc(C(C)(C)C)cc4)ccc32)c1. The minimum atomic E-state index is -0.555. The van der Waals surface area contributed by atoms with Crippen molar-refractivity contribution in [3.63, 3.8) is 0 Å². The van der Waals surface area contributed by atoms with Crippen LogP contribution in [0.1, 0.15) is 63.1 Å². The molecule has 3 aromatic carbocycles. The minimum absolute atomic E-state index is 0.0119. The number of carbonyl (C=O) groups is 1. The fraction of sp³-hybridized carbons (Fsp3) is 0.312. The van der Waals surface area contributed by atoms with E-state index in [1.807, 2.05) is 48.5 Å². The van der Waals surface area contributed by atoms with Gasteiger partial charge in [-0.15, -0.1) is 0 Å². The Labute approximate surface area is 229 Å². The summed E-state index contributed by atoms with van der Waals surface area (Å²) in [5, 5.41) is 9.86. The smallest absolute Gasteiger partial charge is 0.349 e. The summed E-state index contributed by atoms with van der Waals surface area (Å²) in [6, 6.07) is 22.5. The highest BCUT2D eigenvalue weighted by Crippen LogP contribution is 2.44. The molecule has 0 amide bonds. The first kappa shape index (κ1) is 27.6. The summed E-state index contributed by atoms with van der Waals surface area (Å²) in [7, 11) is 0. The highest BCUT2D eigenvalue weighted by atomic mass is 16.6. The second kappa shape index (κ2) is 12.0. The summed E-state index contributed by atoms with van der Waals surface area (Å²) in [4.78, 5) is 12.5. The molecule has 0 spiro atoms. The van der Waals surface area contributed by atoms with Gasteiger partial charge in [-0.3, -0.25) is 0 Å². The number of nitrogens with zero attached hydrogens (tertiary/aromatic N) is 1. The maximum Gasteiger partial charge on any atom is 0.349 e. The minimum Gasteiger partial charge on any atom is -0.494 e. The third-order valence-electron chi connectivity index (χ3n) is 6.46.